The molecule has 0 radical (unpaired) electrons. The first-order chi connectivity index (χ1) is 6.40. The van der Waals surface area contributed by atoms with E-state index in [9.17, 15) is 0 Å². The van der Waals surface area contributed by atoms with E-state index < -0.39 is 0 Å². The van der Waals surface area contributed by atoms with Crippen LogP contribution in [-0.4, -0.2) is 14.3 Å². The van der Waals surface area contributed by atoms with Crippen LogP contribution in [0, 0.1) is 0 Å². The van der Waals surface area contributed by atoms with E-state index in [0.29, 0.717) is 0 Å². The molecule has 0 amide bonds. The molecule has 0 saturated heterocycles. The summed E-state index contributed by atoms with van der Waals surface area (Å²) in [5, 5.41) is 1.12. The summed E-state index contributed by atoms with van der Waals surface area (Å²) in [5.74, 6) is 0.830. The molecule has 0 saturated carbocycles. The molecule has 0 aliphatic carbocycles. The van der Waals surface area contributed by atoms with Crippen LogP contribution >= 0.6 is 22.9 Å². The summed E-state index contributed by atoms with van der Waals surface area (Å²) in [6.45, 7) is 2.15. The molecule has 2 heterocycles. The summed E-state index contributed by atoms with van der Waals surface area (Å²) in [6, 6.07) is 0. The molecular weight excluding hydrogens is 202 g/mol. The third-order valence-electron chi connectivity index (χ3n) is 1.58. The zero-order chi connectivity index (χ0) is 9.10. The van der Waals surface area contributed by atoms with Crippen molar-refractivity contribution in [1.82, 2.24) is 14.3 Å². The van der Waals surface area contributed by atoms with Crippen LogP contribution in [0.15, 0.2) is 11.7 Å². The Balaban J connectivity index is 2.23. The smallest absolute Gasteiger partial charge is 0.184 e. The third-order valence-corrected chi connectivity index (χ3v) is 3.12. The molecule has 0 aromatic carbocycles. The Kier molecular flexibility index (Phi) is 2.65. The summed E-state index contributed by atoms with van der Waals surface area (Å²) in [4.78, 5) is 9.47. The molecule has 2 aromatic heterocycles. The molecule has 0 bridgehead atoms. The molecule has 3 nitrogen and oxygen atoms in total. The molecule has 68 valence electrons. The summed E-state index contributed by atoms with van der Waals surface area (Å²) < 4.78 is 4.28. The van der Waals surface area contributed by atoms with Crippen LogP contribution in [0.4, 0.5) is 0 Å². The van der Waals surface area contributed by atoms with Crippen LogP contribution in [0.5, 0.6) is 0 Å². The van der Waals surface area contributed by atoms with E-state index in [4.69, 9.17) is 0 Å². The van der Waals surface area contributed by atoms with Gasteiger partial charge in [-0.25, -0.2) is 4.98 Å². The minimum atomic E-state index is 0.830. The van der Waals surface area contributed by atoms with Crippen molar-refractivity contribution in [2.24, 2.45) is 0 Å². The Morgan fingerprint density at radius 2 is 2.38 bits per heavy atom. The standard InChI is InChI=1S/C8H9N3S2/c1-2-3-7-10-8(11-13-7)6-4-9-5-12-6/h4-5H,2-3H2,1H3. The minimum Gasteiger partial charge on any atom is -0.252 e. The van der Waals surface area contributed by atoms with Gasteiger partial charge >= 0.3 is 0 Å². The molecule has 2 aromatic rings. The third kappa shape index (κ3) is 1.92. The fourth-order valence-electron chi connectivity index (χ4n) is 0.997. The van der Waals surface area contributed by atoms with Crippen LogP contribution in [0.25, 0.3) is 10.7 Å². The maximum atomic E-state index is 4.42. The van der Waals surface area contributed by atoms with E-state index in [1.807, 2.05) is 6.20 Å². The minimum absolute atomic E-state index is 0.830. The Morgan fingerprint density at radius 1 is 1.46 bits per heavy atom. The van der Waals surface area contributed by atoms with Crippen molar-refractivity contribution in [3.8, 4) is 10.7 Å². The maximum absolute atomic E-state index is 4.42. The molecule has 0 unspecified atom stereocenters. The van der Waals surface area contributed by atoms with Crippen LogP contribution in [0.2, 0.25) is 0 Å². The molecule has 0 fully saturated rings. The Labute approximate surface area is 84.7 Å². The highest BCUT2D eigenvalue weighted by Crippen LogP contribution is 2.21. The quantitative estimate of drug-likeness (QED) is 0.783. The number of rotatable bonds is 3. The summed E-state index contributed by atoms with van der Waals surface area (Å²) in [5.41, 5.74) is 1.80. The Morgan fingerprint density at radius 3 is 3.08 bits per heavy atom. The Hall–Kier alpha value is -0.810. The lowest BCUT2D eigenvalue weighted by atomic mass is 10.3. The number of nitrogens with zero attached hydrogens (tertiary/aromatic N) is 3. The van der Waals surface area contributed by atoms with Crippen molar-refractivity contribution >= 4 is 22.9 Å². The topological polar surface area (TPSA) is 38.7 Å². The van der Waals surface area contributed by atoms with Gasteiger partial charge in [0.2, 0.25) is 0 Å². The molecule has 13 heavy (non-hydrogen) atoms. The molecule has 0 atom stereocenters. The van der Waals surface area contributed by atoms with Gasteiger partial charge in [-0.15, -0.1) is 11.3 Å². The lowest BCUT2D eigenvalue weighted by molar-refractivity contribution is 0.909. The second-order valence-corrected chi connectivity index (χ2v) is 4.35. The fourth-order valence-corrected chi connectivity index (χ4v) is 2.36. The van der Waals surface area contributed by atoms with Gasteiger partial charge in [0.15, 0.2) is 5.82 Å². The first-order valence-corrected chi connectivity index (χ1v) is 5.77. The summed E-state index contributed by atoms with van der Waals surface area (Å²) in [6.07, 6.45) is 3.95. The van der Waals surface area contributed by atoms with E-state index in [1.165, 1.54) is 11.5 Å². The zero-order valence-electron chi connectivity index (χ0n) is 7.23. The number of aryl methyl sites for hydroxylation is 1. The largest absolute Gasteiger partial charge is 0.252 e. The van der Waals surface area contributed by atoms with Gasteiger partial charge in [0.1, 0.15) is 5.01 Å². The van der Waals surface area contributed by atoms with Crippen LogP contribution in [0.3, 0.4) is 0 Å². The van der Waals surface area contributed by atoms with Gasteiger partial charge in [-0.3, -0.25) is 4.98 Å². The summed E-state index contributed by atoms with van der Waals surface area (Å²) in [7, 11) is 0. The van der Waals surface area contributed by atoms with E-state index in [0.717, 1.165) is 28.6 Å². The van der Waals surface area contributed by atoms with Crippen LogP contribution < -0.4 is 0 Å². The second kappa shape index (κ2) is 3.93. The molecule has 2 rings (SSSR count). The average Bonchev–Trinajstić information content (AvgIpc) is 2.70. The monoisotopic (exact) mass is 211 g/mol. The van der Waals surface area contributed by atoms with Crippen molar-refractivity contribution < 1.29 is 0 Å². The van der Waals surface area contributed by atoms with Gasteiger partial charge in [0.25, 0.3) is 0 Å². The van der Waals surface area contributed by atoms with Gasteiger partial charge in [-0.2, -0.15) is 4.37 Å². The molecular formula is C8H9N3S2. The first kappa shape index (κ1) is 8.77. The lowest BCUT2D eigenvalue weighted by Gasteiger charge is -1.86. The van der Waals surface area contributed by atoms with E-state index in [1.54, 1.807) is 16.8 Å². The highest BCUT2D eigenvalue weighted by Gasteiger charge is 2.06. The fraction of sp³-hybridized carbons (Fsp3) is 0.375. The number of hydrogen-bond acceptors (Lipinski definition) is 5. The molecule has 5 heteroatoms. The zero-order valence-corrected chi connectivity index (χ0v) is 8.86. The van der Waals surface area contributed by atoms with Gasteiger partial charge < -0.3 is 0 Å². The predicted molar refractivity (Wildman–Crippen MR) is 55.0 cm³/mol. The van der Waals surface area contributed by atoms with Crippen molar-refractivity contribution in [3.05, 3.63) is 16.7 Å². The van der Waals surface area contributed by atoms with Gasteiger partial charge in [-0.05, 0) is 18.0 Å². The highest BCUT2D eigenvalue weighted by atomic mass is 32.1. The van der Waals surface area contributed by atoms with E-state index >= 15 is 0 Å². The van der Waals surface area contributed by atoms with Crippen molar-refractivity contribution in [3.63, 3.8) is 0 Å². The first-order valence-electron chi connectivity index (χ1n) is 4.11. The maximum Gasteiger partial charge on any atom is 0.184 e. The second-order valence-electron chi connectivity index (χ2n) is 2.63. The van der Waals surface area contributed by atoms with E-state index in [2.05, 4.69) is 21.3 Å². The molecule has 0 spiro atoms. The molecule has 0 N–H and O–H groups in total. The SMILES string of the molecule is CCCc1nc(-c2cncs2)ns1. The highest BCUT2D eigenvalue weighted by molar-refractivity contribution is 7.13. The van der Waals surface area contributed by atoms with Crippen LogP contribution in [0.1, 0.15) is 18.4 Å². The van der Waals surface area contributed by atoms with Crippen molar-refractivity contribution in [2.75, 3.05) is 0 Å². The van der Waals surface area contributed by atoms with Crippen molar-refractivity contribution in [1.29, 1.82) is 0 Å². The normalized spacial score (nSPS) is 10.5. The van der Waals surface area contributed by atoms with E-state index in [-0.39, 0.29) is 0 Å². The summed E-state index contributed by atoms with van der Waals surface area (Å²) >= 11 is 3.07. The van der Waals surface area contributed by atoms with Crippen molar-refractivity contribution in [2.45, 2.75) is 19.8 Å². The van der Waals surface area contributed by atoms with Gasteiger partial charge in [-0.1, -0.05) is 6.92 Å². The van der Waals surface area contributed by atoms with Gasteiger partial charge in [0.05, 0.1) is 10.4 Å². The number of hydrogen-bond donors (Lipinski definition) is 0. The number of thiazole rings is 1. The van der Waals surface area contributed by atoms with Gasteiger partial charge in [0, 0.05) is 12.6 Å². The average molecular weight is 211 g/mol. The Bertz CT molecular complexity index is 366. The predicted octanol–water partition coefficient (Wildman–Crippen LogP) is 2.61. The molecule has 0 aliphatic rings. The number of aromatic nitrogens is 3. The lowest BCUT2D eigenvalue weighted by Crippen LogP contribution is -1.80. The molecule has 0 aliphatic heterocycles. The van der Waals surface area contributed by atoms with Crippen LogP contribution in [-0.2, 0) is 6.42 Å².